The summed E-state index contributed by atoms with van der Waals surface area (Å²) < 4.78 is 25.1. The van der Waals surface area contributed by atoms with Crippen LogP contribution in [-0.4, -0.2) is 34.9 Å². The molecule has 1 heterocycles. The molecule has 3 rings (SSSR count). The van der Waals surface area contributed by atoms with Gasteiger partial charge in [0.25, 0.3) is 0 Å². The number of esters is 2. The van der Waals surface area contributed by atoms with E-state index in [9.17, 15) is 14.0 Å². The van der Waals surface area contributed by atoms with Gasteiger partial charge in [0.15, 0.2) is 5.69 Å². The smallest absolute Gasteiger partial charge is 0.359 e. The maximum atomic E-state index is 13.4. The fourth-order valence-corrected chi connectivity index (χ4v) is 2.79. The van der Waals surface area contributed by atoms with E-state index in [4.69, 9.17) is 9.47 Å². The summed E-state index contributed by atoms with van der Waals surface area (Å²) in [6.45, 7) is 3.60. The largest absolute Gasteiger partial charge is 0.462 e. The van der Waals surface area contributed by atoms with Crippen LogP contribution in [0.2, 0.25) is 0 Å². The van der Waals surface area contributed by atoms with E-state index < -0.39 is 17.8 Å². The minimum absolute atomic E-state index is 0.0100. The van der Waals surface area contributed by atoms with E-state index in [1.807, 2.05) is 6.07 Å². The minimum atomic E-state index is -0.733. The van der Waals surface area contributed by atoms with E-state index in [-0.39, 0.29) is 24.5 Å². The van der Waals surface area contributed by atoms with Crippen LogP contribution in [0.1, 0.15) is 34.7 Å². The molecular formula is C21H19FN2O4. The van der Waals surface area contributed by atoms with E-state index in [0.29, 0.717) is 16.9 Å². The van der Waals surface area contributed by atoms with E-state index in [0.717, 1.165) is 0 Å². The molecule has 0 saturated heterocycles. The summed E-state index contributed by atoms with van der Waals surface area (Å²) in [6.07, 6.45) is 0. The van der Waals surface area contributed by atoms with Crippen LogP contribution in [0.5, 0.6) is 0 Å². The topological polar surface area (TPSA) is 70.4 Å². The molecular weight excluding hydrogens is 363 g/mol. The number of halogens is 1. The van der Waals surface area contributed by atoms with Gasteiger partial charge < -0.3 is 9.47 Å². The van der Waals surface area contributed by atoms with Crippen LogP contribution < -0.4 is 0 Å². The molecule has 144 valence electrons. The molecule has 0 N–H and O–H groups in total. The zero-order valence-electron chi connectivity index (χ0n) is 15.5. The van der Waals surface area contributed by atoms with Crippen molar-refractivity contribution in [2.75, 3.05) is 13.2 Å². The molecule has 28 heavy (non-hydrogen) atoms. The summed E-state index contributed by atoms with van der Waals surface area (Å²) in [5.41, 5.74) is 1.37. The molecule has 0 radical (unpaired) electrons. The number of ether oxygens (including phenoxy) is 2. The third-order valence-corrected chi connectivity index (χ3v) is 3.95. The Morgan fingerprint density at radius 3 is 2.14 bits per heavy atom. The van der Waals surface area contributed by atoms with Gasteiger partial charge in [-0.25, -0.2) is 18.7 Å². The fourth-order valence-electron chi connectivity index (χ4n) is 2.79. The molecule has 0 unspecified atom stereocenters. The van der Waals surface area contributed by atoms with Gasteiger partial charge in [-0.05, 0) is 38.1 Å². The van der Waals surface area contributed by atoms with Crippen molar-refractivity contribution in [3.8, 4) is 16.9 Å². The molecule has 1 aromatic heterocycles. The molecule has 0 spiro atoms. The molecule has 3 aromatic rings. The van der Waals surface area contributed by atoms with Crippen LogP contribution in [0.25, 0.3) is 16.9 Å². The van der Waals surface area contributed by atoms with Crippen molar-refractivity contribution in [2.24, 2.45) is 0 Å². The van der Waals surface area contributed by atoms with Crippen molar-refractivity contribution in [1.82, 2.24) is 9.78 Å². The normalized spacial score (nSPS) is 10.5. The molecule has 0 saturated carbocycles. The van der Waals surface area contributed by atoms with Gasteiger partial charge in [-0.3, -0.25) is 0 Å². The van der Waals surface area contributed by atoms with Crippen molar-refractivity contribution in [2.45, 2.75) is 13.8 Å². The zero-order valence-corrected chi connectivity index (χ0v) is 15.5. The quantitative estimate of drug-likeness (QED) is 0.602. The Morgan fingerprint density at radius 2 is 1.54 bits per heavy atom. The van der Waals surface area contributed by atoms with Gasteiger partial charge in [0.1, 0.15) is 11.4 Å². The molecule has 2 aromatic carbocycles. The lowest BCUT2D eigenvalue weighted by Crippen LogP contribution is -2.13. The van der Waals surface area contributed by atoms with Crippen LogP contribution in [0, 0.1) is 5.82 Å². The molecule has 0 aliphatic carbocycles. The first kappa shape index (κ1) is 19.3. The summed E-state index contributed by atoms with van der Waals surface area (Å²) in [7, 11) is 0. The van der Waals surface area contributed by atoms with Crippen molar-refractivity contribution in [3.05, 3.63) is 71.7 Å². The second kappa shape index (κ2) is 8.47. The lowest BCUT2D eigenvalue weighted by molar-refractivity contribution is 0.0476. The molecule has 0 aliphatic heterocycles. The molecule has 0 bridgehead atoms. The number of hydrogen-bond donors (Lipinski definition) is 0. The number of carbonyl (C=O) groups is 2. The number of hydrogen-bond acceptors (Lipinski definition) is 5. The maximum absolute atomic E-state index is 13.4. The average molecular weight is 382 g/mol. The predicted octanol–water partition coefficient (Wildman–Crippen LogP) is 4.03. The third kappa shape index (κ3) is 3.78. The van der Waals surface area contributed by atoms with Crippen LogP contribution in [-0.2, 0) is 9.47 Å². The molecule has 0 aliphatic rings. The van der Waals surface area contributed by atoms with Gasteiger partial charge in [-0.1, -0.05) is 30.3 Å². The maximum Gasteiger partial charge on any atom is 0.359 e. The van der Waals surface area contributed by atoms with E-state index in [1.165, 1.54) is 28.9 Å². The van der Waals surface area contributed by atoms with Gasteiger partial charge in [-0.2, -0.15) is 5.10 Å². The Bertz CT molecular complexity index is 982. The Hall–Kier alpha value is -3.48. The van der Waals surface area contributed by atoms with Gasteiger partial charge >= 0.3 is 11.9 Å². The number of carbonyl (C=O) groups excluding carboxylic acids is 2. The molecule has 0 atom stereocenters. The van der Waals surface area contributed by atoms with Crippen LogP contribution in [0.3, 0.4) is 0 Å². The number of aromatic nitrogens is 2. The van der Waals surface area contributed by atoms with Gasteiger partial charge in [0.2, 0.25) is 0 Å². The summed E-state index contributed by atoms with van der Waals surface area (Å²) in [5, 5.41) is 4.33. The van der Waals surface area contributed by atoms with E-state index in [1.54, 1.807) is 38.1 Å². The third-order valence-electron chi connectivity index (χ3n) is 3.95. The summed E-state index contributed by atoms with van der Waals surface area (Å²) in [6, 6.07) is 14.6. The predicted molar refractivity (Wildman–Crippen MR) is 101 cm³/mol. The summed E-state index contributed by atoms with van der Waals surface area (Å²) in [4.78, 5) is 25.2. The standard InChI is InChI=1S/C21H19FN2O4/c1-3-27-20(25)17-18(21(26)28-4-2)23-24(16-12-10-15(22)11-13-16)19(17)14-8-6-5-7-9-14/h5-13H,3-4H2,1-2H3. The number of nitrogens with zero attached hydrogens (tertiary/aromatic N) is 2. The fraction of sp³-hybridized carbons (Fsp3) is 0.190. The Labute approximate surface area is 161 Å². The molecule has 0 amide bonds. The second-order valence-corrected chi connectivity index (χ2v) is 5.77. The van der Waals surface area contributed by atoms with E-state index >= 15 is 0 Å². The summed E-state index contributed by atoms with van der Waals surface area (Å²) in [5.74, 6) is -1.82. The highest BCUT2D eigenvalue weighted by atomic mass is 19.1. The highest BCUT2D eigenvalue weighted by Gasteiger charge is 2.31. The number of benzene rings is 2. The van der Waals surface area contributed by atoms with Gasteiger partial charge in [0, 0.05) is 5.56 Å². The zero-order chi connectivity index (χ0) is 20.1. The van der Waals surface area contributed by atoms with Gasteiger partial charge in [0.05, 0.1) is 24.6 Å². The first-order valence-electron chi connectivity index (χ1n) is 8.85. The van der Waals surface area contributed by atoms with Crippen LogP contribution in [0.15, 0.2) is 54.6 Å². The van der Waals surface area contributed by atoms with Crippen molar-refractivity contribution < 1.29 is 23.5 Å². The number of rotatable bonds is 6. The molecule has 7 heteroatoms. The van der Waals surface area contributed by atoms with E-state index in [2.05, 4.69) is 5.10 Å². The molecule has 6 nitrogen and oxygen atoms in total. The lowest BCUT2D eigenvalue weighted by Gasteiger charge is -2.10. The Morgan fingerprint density at radius 1 is 0.929 bits per heavy atom. The monoisotopic (exact) mass is 382 g/mol. The lowest BCUT2D eigenvalue weighted by atomic mass is 10.1. The van der Waals surface area contributed by atoms with Crippen molar-refractivity contribution in [1.29, 1.82) is 0 Å². The SMILES string of the molecule is CCOC(=O)c1nn(-c2ccc(F)cc2)c(-c2ccccc2)c1C(=O)OCC. The van der Waals surface area contributed by atoms with Crippen molar-refractivity contribution in [3.63, 3.8) is 0 Å². The van der Waals surface area contributed by atoms with Crippen LogP contribution in [0.4, 0.5) is 4.39 Å². The highest BCUT2D eigenvalue weighted by molar-refractivity contribution is 6.06. The Kier molecular flexibility index (Phi) is 5.84. The highest BCUT2D eigenvalue weighted by Crippen LogP contribution is 2.30. The van der Waals surface area contributed by atoms with Crippen molar-refractivity contribution >= 4 is 11.9 Å². The summed E-state index contributed by atoms with van der Waals surface area (Å²) >= 11 is 0. The minimum Gasteiger partial charge on any atom is -0.462 e. The average Bonchev–Trinajstić information content (AvgIpc) is 3.10. The molecule has 0 fully saturated rings. The first-order chi connectivity index (χ1) is 13.6. The second-order valence-electron chi connectivity index (χ2n) is 5.77. The first-order valence-corrected chi connectivity index (χ1v) is 8.85. The van der Waals surface area contributed by atoms with Crippen LogP contribution >= 0.6 is 0 Å². The van der Waals surface area contributed by atoms with Gasteiger partial charge in [-0.15, -0.1) is 0 Å². The Balaban J connectivity index is 2.31.